The van der Waals surface area contributed by atoms with Crippen LogP contribution in [0.15, 0.2) is 0 Å². The van der Waals surface area contributed by atoms with Crippen LogP contribution in [0, 0.1) is 0 Å². The molecule has 0 bridgehead atoms. The number of hydroxylamine groups is 2. The SMILES string of the molecule is NC(=O)NOC(=O)NO. The molecule has 0 aromatic carbocycles. The van der Waals surface area contributed by atoms with E-state index >= 15 is 0 Å². The highest BCUT2D eigenvalue weighted by Crippen LogP contribution is 1.66. The summed E-state index contributed by atoms with van der Waals surface area (Å²) in [6.45, 7) is 0. The van der Waals surface area contributed by atoms with Crippen molar-refractivity contribution >= 4 is 12.1 Å². The first-order chi connectivity index (χ1) is 4.16. The summed E-state index contributed by atoms with van der Waals surface area (Å²) >= 11 is 0. The molecule has 52 valence electrons. The monoisotopic (exact) mass is 135 g/mol. The standard InChI is InChI=1S/C2H5N3O4/c3-1(6)5-9-2(7)4-8/h8H,(H,4,7)(H3,3,5,6). The number of carbonyl (C=O) groups is 2. The molecule has 9 heavy (non-hydrogen) atoms. The molecule has 0 aliphatic rings. The fourth-order valence-electron chi connectivity index (χ4n) is 0.119. The smallest absolute Gasteiger partial charge is 0.349 e. The van der Waals surface area contributed by atoms with Gasteiger partial charge in [-0.25, -0.2) is 15.1 Å². The molecule has 0 rings (SSSR count). The third kappa shape index (κ3) is 4.35. The molecular formula is C2H5N3O4. The van der Waals surface area contributed by atoms with Gasteiger partial charge in [0.05, 0.1) is 0 Å². The zero-order chi connectivity index (χ0) is 7.28. The van der Waals surface area contributed by atoms with Crippen molar-refractivity contribution in [3.63, 3.8) is 0 Å². The maximum Gasteiger partial charge on any atom is 0.455 e. The minimum Gasteiger partial charge on any atom is -0.349 e. The minimum absolute atomic E-state index is 1.03. The number of primary amides is 1. The number of urea groups is 1. The van der Waals surface area contributed by atoms with Crippen LogP contribution in [0.2, 0.25) is 0 Å². The number of nitrogens with two attached hydrogens (primary N) is 1. The van der Waals surface area contributed by atoms with Gasteiger partial charge in [0.2, 0.25) is 0 Å². The highest BCUT2D eigenvalue weighted by Gasteiger charge is 1.98. The van der Waals surface area contributed by atoms with Crippen molar-refractivity contribution in [2.24, 2.45) is 5.73 Å². The molecular weight excluding hydrogens is 130 g/mol. The van der Waals surface area contributed by atoms with Crippen molar-refractivity contribution < 1.29 is 19.6 Å². The summed E-state index contributed by atoms with van der Waals surface area (Å²) in [5.41, 5.74) is 7.01. The molecule has 0 unspecified atom stereocenters. The molecule has 0 spiro atoms. The summed E-state index contributed by atoms with van der Waals surface area (Å²) < 4.78 is 0. The van der Waals surface area contributed by atoms with Crippen LogP contribution in [0.4, 0.5) is 9.59 Å². The van der Waals surface area contributed by atoms with Crippen LogP contribution >= 0.6 is 0 Å². The summed E-state index contributed by atoms with van der Waals surface area (Å²) in [6.07, 6.45) is -1.21. The van der Waals surface area contributed by atoms with Crippen LogP contribution in [0.25, 0.3) is 0 Å². The lowest BCUT2D eigenvalue weighted by atomic mass is 11.1. The number of hydrogen-bond donors (Lipinski definition) is 4. The number of hydrogen-bond acceptors (Lipinski definition) is 4. The average Bonchev–Trinajstić information content (AvgIpc) is 1.83. The van der Waals surface area contributed by atoms with Gasteiger partial charge in [-0.1, -0.05) is 0 Å². The normalized spacial score (nSPS) is 7.67. The minimum atomic E-state index is -1.21. The molecule has 7 heteroatoms. The fourth-order valence-corrected chi connectivity index (χ4v) is 0.119. The van der Waals surface area contributed by atoms with Crippen LogP contribution in [0.1, 0.15) is 0 Å². The first-order valence-electron chi connectivity index (χ1n) is 1.83. The Morgan fingerprint density at radius 3 is 2.44 bits per heavy atom. The van der Waals surface area contributed by atoms with Crippen LogP contribution in [-0.2, 0) is 4.84 Å². The summed E-state index contributed by atoms with van der Waals surface area (Å²) in [5.74, 6) is 0. The maximum atomic E-state index is 9.86. The summed E-state index contributed by atoms with van der Waals surface area (Å²) in [5, 5.41) is 7.73. The fraction of sp³-hybridized carbons (Fsp3) is 0. The Balaban J connectivity index is 3.28. The van der Waals surface area contributed by atoms with Gasteiger partial charge in [-0.2, -0.15) is 5.48 Å². The molecule has 0 atom stereocenters. The lowest BCUT2D eigenvalue weighted by molar-refractivity contribution is 0.0615. The van der Waals surface area contributed by atoms with Gasteiger partial charge in [-0.15, -0.1) is 0 Å². The largest absolute Gasteiger partial charge is 0.455 e. The van der Waals surface area contributed by atoms with Crippen molar-refractivity contribution in [2.75, 3.05) is 0 Å². The van der Waals surface area contributed by atoms with Gasteiger partial charge in [0.15, 0.2) is 0 Å². The van der Waals surface area contributed by atoms with E-state index in [0.717, 1.165) is 5.48 Å². The number of amides is 3. The van der Waals surface area contributed by atoms with Gasteiger partial charge in [-0.05, 0) is 0 Å². The van der Waals surface area contributed by atoms with E-state index in [1.54, 1.807) is 0 Å². The quantitative estimate of drug-likeness (QED) is 0.244. The maximum absolute atomic E-state index is 9.86. The van der Waals surface area contributed by atoms with E-state index < -0.39 is 12.1 Å². The summed E-state index contributed by atoms with van der Waals surface area (Å²) in [6, 6.07) is -1.03. The molecule has 0 heterocycles. The van der Waals surface area contributed by atoms with Gasteiger partial charge in [-0.3, -0.25) is 5.21 Å². The van der Waals surface area contributed by atoms with Gasteiger partial charge in [0.25, 0.3) is 0 Å². The van der Waals surface area contributed by atoms with Gasteiger partial charge in [0.1, 0.15) is 0 Å². The van der Waals surface area contributed by atoms with E-state index in [2.05, 4.69) is 10.6 Å². The molecule has 0 fully saturated rings. The van der Waals surface area contributed by atoms with Crippen molar-refractivity contribution in [1.82, 2.24) is 11.0 Å². The highest BCUT2D eigenvalue weighted by molar-refractivity contribution is 5.73. The Morgan fingerprint density at radius 2 is 2.11 bits per heavy atom. The third-order valence-electron chi connectivity index (χ3n) is 0.336. The molecule has 7 nitrogen and oxygen atoms in total. The van der Waals surface area contributed by atoms with Crippen LogP contribution in [0.5, 0.6) is 0 Å². The van der Waals surface area contributed by atoms with Gasteiger partial charge >= 0.3 is 12.1 Å². The zero-order valence-corrected chi connectivity index (χ0v) is 4.25. The van der Waals surface area contributed by atoms with E-state index in [9.17, 15) is 9.59 Å². The lowest BCUT2D eigenvalue weighted by Gasteiger charge is -1.98. The van der Waals surface area contributed by atoms with E-state index in [1.807, 2.05) is 0 Å². The van der Waals surface area contributed by atoms with Crippen molar-refractivity contribution in [2.45, 2.75) is 0 Å². The van der Waals surface area contributed by atoms with Crippen molar-refractivity contribution in [3.05, 3.63) is 0 Å². The van der Waals surface area contributed by atoms with E-state index in [4.69, 9.17) is 5.21 Å². The Bertz CT molecular complexity index is 123. The lowest BCUT2D eigenvalue weighted by Crippen LogP contribution is -2.35. The predicted octanol–water partition coefficient (Wildman–Crippen LogP) is -1.31. The second-order valence-corrected chi connectivity index (χ2v) is 0.968. The Morgan fingerprint density at radius 1 is 1.56 bits per heavy atom. The molecule has 3 amide bonds. The van der Waals surface area contributed by atoms with Crippen LogP contribution in [-0.4, -0.2) is 17.3 Å². The van der Waals surface area contributed by atoms with E-state index in [0.29, 0.717) is 0 Å². The number of rotatable bonds is 0. The van der Waals surface area contributed by atoms with E-state index in [1.165, 1.54) is 5.48 Å². The molecule has 0 saturated carbocycles. The van der Waals surface area contributed by atoms with Gasteiger partial charge < -0.3 is 10.6 Å². The topological polar surface area (TPSA) is 114 Å². The highest BCUT2D eigenvalue weighted by atomic mass is 16.7. The molecule has 0 radical (unpaired) electrons. The predicted molar refractivity (Wildman–Crippen MR) is 24.1 cm³/mol. The van der Waals surface area contributed by atoms with Gasteiger partial charge in [0, 0.05) is 0 Å². The second kappa shape index (κ2) is 3.50. The first kappa shape index (κ1) is 7.50. The summed E-state index contributed by atoms with van der Waals surface area (Å²) in [4.78, 5) is 23.3. The Labute approximate surface area is 49.7 Å². The molecule has 5 N–H and O–H groups in total. The van der Waals surface area contributed by atoms with Crippen LogP contribution in [0.3, 0.4) is 0 Å². The zero-order valence-electron chi connectivity index (χ0n) is 4.25. The molecule has 0 aliphatic heterocycles. The molecule has 0 saturated heterocycles. The molecule has 0 aromatic rings. The third-order valence-corrected chi connectivity index (χ3v) is 0.336. The average molecular weight is 135 g/mol. The number of nitrogens with one attached hydrogen (secondary N) is 2. The Kier molecular flexibility index (Phi) is 2.91. The van der Waals surface area contributed by atoms with Crippen molar-refractivity contribution in [3.8, 4) is 0 Å². The molecule has 0 aromatic heterocycles. The van der Waals surface area contributed by atoms with Crippen molar-refractivity contribution in [1.29, 1.82) is 0 Å². The number of carbonyl (C=O) groups excluding carboxylic acids is 2. The first-order valence-corrected chi connectivity index (χ1v) is 1.83. The Hall–Kier alpha value is -1.50. The van der Waals surface area contributed by atoms with Crippen LogP contribution < -0.4 is 16.7 Å². The van der Waals surface area contributed by atoms with E-state index in [-0.39, 0.29) is 0 Å². The molecule has 0 aliphatic carbocycles. The second-order valence-electron chi connectivity index (χ2n) is 0.968. The summed E-state index contributed by atoms with van der Waals surface area (Å²) in [7, 11) is 0.